The number of aliphatic carboxylic acids is 1. The molecule has 0 saturated carbocycles. The molecule has 1 fully saturated rings. The fraction of sp³-hybridized carbons (Fsp3) is 0.600. The lowest BCUT2D eigenvalue weighted by atomic mass is 10.1. The molecule has 0 radical (unpaired) electrons. The Labute approximate surface area is 84.2 Å². The van der Waals surface area contributed by atoms with Crippen molar-refractivity contribution in [2.75, 3.05) is 6.54 Å². The van der Waals surface area contributed by atoms with Crippen molar-refractivity contribution in [3.8, 4) is 0 Å². The van der Waals surface area contributed by atoms with Crippen LogP contribution >= 0.6 is 0 Å². The van der Waals surface area contributed by atoms with Crippen LogP contribution in [0.25, 0.3) is 0 Å². The Hall–Kier alpha value is -1.32. The number of rotatable bonds is 2. The number of carboxylic acid groups (broad SMARTS) is 1. The molecule has 1 aliphatic heterocycles. The number of carbonyl (C=O) groups is 2. The van der Waals surface area contributed by atoms with Crippen LogP contribution in [0, 0.1) is 5.92 Å². The van der Waals surface area contributed by atoms with E-state index in [0.29, 0.717) is 6.54 Å². The second kappa shape index (κ2) is 5.42. The highest BCUT2D eigenvalue weighted by Gasteiger charge is 2.35. The number of hydrogen-bond acceptors (Lipinski definition) is 2. The molecule has 1 saturated heterocycles. The van der Waals surface area contributed by atoms with Crippen molar-refractivity contribution < 1.29 is 14.7 Å². The topological polar surface area (TPSA) is 57.6 Å². The first kappa shape index (κ1) is 12.7. The minimum Gasteiger partial charge on any atom is -0.481 e. The molecule has 4 heteroatoms. The van der Waals surface area contributed by atoms with E-state index in [1.54, 1.807) is 4.90 Å². The maximum atomic E-state index is 11.2. The number of nitrogens with zero attached hydrogens (tertiary/aromatic N) is 1. The number of amides is 1. The van der Waals surface area contributed by atoms with Gasteiger partial charge < -0.3 is 10.0 Å². The molecule has 0 aromatic heterocycles. The molecule has 1 unspecified atom stereocenters. The highest BCUT2D eigenvalue weighted by molar-refractivity contribution is 5.86. The fourth-order valence-electron chi connectivity index (χ4n) is 1.40. The molecule has 1 atom stereocenters. The van der Waals surface area contributed by atoms with Crippen molar-refractivity contribution in [2.45, 2.75) is 26.3 Å². The summed E-state index contributed by atoms with van der Waals surface area (Å²) in [5.74, 6) is -1.41. The quantitative estimate of drug-likeness (QED) is 0.678. The van der Waals surface area contributed by atoms with E-state index in [4.69, 9.17) is 5.11 Å². The lowest BCUT2D eigenvalue weighted by Crippen LogP contribution is -2.32. The molecule has 14 heavy (non-hydrogen) atoms. The third-order valence-electron chi connectivity index (χ3n) is 2.13. The van der Waals surface area contributed by atoms with Crippen LogP contribution in [0.1, 0.15) is 20.3 Å². The summed E-state index contributed by atoms with van der Waals surface area (Å²) in [6.07, 6.45) is 0.160. The highest BCUT2D eigenvalue weighted by Crippen LogP contribution is 2.19. The number of carbonyl (C=O) groups excluding carboxylic acids is 1. The van der Waals surface area contributed by atoms with Crippen molar-refractivity contribution in [3.63, 3.8) is 0 Å². The van der Waals surface area contributed by atoms with Crippen LogP contribution < -0.4 is 0 Å². The molecular weight excluding hydrogens is 182 g/mol. The second-order valence-corrected chi connectivity index (χ2v) is 3.38. The zero-order valence-electron chi connectivity index (χ0n) is 8.69. The summed E-state index contributed by atoms with van der Waals surface area (Å²) in [5.41, 5.74) is 0. The highest BCUT2D eigenvalue weighted by atomic mass is 16.4. The third-order valence-corrected chi connectivity index (χ3v) is 2.13. The molecule has 4 nitrogen and oxygen atoms in total. The second-order valence-electron chi connectivity index (χ2n) is 3.38. The smallest absolute Gasteiger partial charge is 0.308 e. The van der Waals surface area contributed by atoms with Crippen molar-refractivity contribution in [1.29, 1.82) is 0 Å². The van der Waals surface area contributed by atoms with Crippen LogP contribution in [0.15, 0.2) is 13.2 Å². The molecule has 1 rings (SSSR count). The van der Waals surface area contributed by atoms with E-state index in [2.05, 4.69) is 13.2 Å². The molecule has 1 N–H and O–H groups in total. The Bertz CT molecular complexity index is 225. The number of hydrogen-bond donors (Lipinski definition) is 1. The van der Waals surface area contributed by atoms with E-state index >= 15 is 0 Å². The van der Waals surface area contributed by atoms with Gasteiger partial charge in [0.05, 0.1) is 5.92 Å². The first-order chi connectivity index (χ1) is 6.52. The largest absolute Gasteiger partial charge is 0.481 e. The van der Waals surface area contributed by atoms with E-state index < -0.39 is 11.9 Å². The molecule has 0 bridgehead atoms. The van der Waals surface area contributed by atoms with Gasteiger partial charge in [-0.3, -0.25) is 9.59 Å². The zero-order chi connectivity index (χ0) is 11.3. The monoisotopic (exact) mass is 199 g/mol. The van der Waals surface area contributed by atoms with E-state index in [1.807, 2.05) is 13.8 Å². The molecule has 1 amide bonds. The van der Waals surface area contributed by atoms with Crippen LogP contribution in [-0.4, -0.2) is 34.5 Å². The molecule has 1 aliphatic rings. The summed E-state index contributed by atoms with van der Waals surface area (Å²) < 4.78 is 0. The van der Waals surface area contributed by atoms with Gasteiger partial charge in [-0.15, -0.1) is 13.2 Å². The standard InChI is InChI=1S/C8H13NO3.C2H4/c1-5(2)9-4-6(8(11)12)3-7(9)10;1-2/h5-6H,3-4H2,1-2H3,(H,11,12);1-2H2. The summed E-state index contributed by atoms with van der Waals surface area (Å²) in [6.45, 7) is 10.1. The summed E-state index contributed by atoms with van der Waals surface area (Å²) in [6, 6.07) is 0.113. The van der Waals surface area contributed by atoms with Gasteiger partial charge in [-0.25, -0.2) is 0 Å². The lowest BCUT2D eigenvalue weighted by molar-refractivity contribution is -0.141. The maximum absolute atomic E-state index is 11.2. The van der Waals surface area contributed by atoms with Crippen LogP contribution in [0.4, 0.5) is 0 Å². The van der Waals surface area contributed by atoms with Gasteiger partial charge in [-0.1, -0.05) is 0 Å². The molecule has 80 valence electrons. The first-order valence-corrected chi connectivity index (χ1v) is 4.54. The minimum absolute atomic E-state index is 0.0441. The zero-order valence-corrected chi connectivity index (χ0v) is 8.69. The number of carboxylic acids is 1. The molecule has 0 spiro atoms. The predicted octanol–water partition coefficient (Wildman–Crippen LogP) is 1.13. The van der Waals surface area contributed by atoms with Crippen molar-refractivity contribution in [3.05, 3.63) is 13.2 Å². The lowest BCUT2D eigenvalue weighted by Gasteiger charge is -2.20. The van der Waals surface area contributed by atoms with Crippen LogP contribution in [0.5, 0.6) is 0 Å². The van der Waals surface area contributed by atoms with E-state index in [-0.39, 0.29) is 18.4 Å². The van der Waals surface area contributed by atoms with Gasteiger partial charge in [0, 0.05) is 19.0 Å². The summed E-state index contributed by atoms with van der Waals surface area (Å²) >= 11 is 0. The average molecular weight is 199 g/mol. The summed E-state index contributed by atoms with van der Waals surface area (Å²) in [7, 11) is 0. The minimum atomic E-state index is -0.869. The summed E-state index contributed by atoms with van der Waals surface area (Å²) in [4.78, 5) is 23.3. The maximum Gasteiger partial charge on any atom is 0.308 e. The molecule has 1 heterocycles. The van der Waals surface area contributed by atoms with Crippen LogP contribution in [0.3, 0.4) is 0 Å². The van der Waals surface area contributed by atoms with Crippen LogP contribution in [-0.2, 0) is 9.59 Å². The van der Waals surface area contributed by atoms with Gasteiger partial charge in [0.2, 0.25) is 5.91 Å². The van der Waals surface area contributed by atoms with Gasteiger partial charge in [-0.05, 0) is 13.8 Å². The molecule has 0 aromatic rings. The Morgan fingerprint density at radius 3 is 2.29 bits per heavy atom. The van der Waals surface area contributed by atoms with E-state index in [0.717, 1.165) is 0 Å². The van der Waals surface area contributed by atoms with Crippen molar-refractivity contribution >= 4 is 11.9 Å². The van der Waals surface area contributed by atoms with E-state index in [9.17, 15) is 9.59 Å². The predicted molar refractivity (Wildman–Crippen MR) is 53.8 cm³/mol. The summed E-state index contributed by atoms with van der Waals surface area (Å²) in [5, 5.41) is 8.65. The first-order valence-electron chi connectivity index (χ1n) is 4.54. The average Bonchev–Trinajstić information content (AvgIpc) is 2.51. The Balaban J connectivity index is 0.000000791. The van der Waals surface area contributed by atoms with Gasteiger partial charge >= 0.3 is 5.97 Å². The fourth-order valence-corrected chi connectivity index (χ4v) is 1.40. The van der Waals surface area contributed by atoms with Gasteiger partial charge in [0.15, 0.2) is 0 Å². The van der Waals surface area contributed by atoms with Gasteiger partial charge in [0.1, 0.15) is 0 Å². The van der Waals surface area contributed by atoms with Crippen LogP contribution in [0.2, 0.25) is 0 Å². The van der Waals surface area contributed by atoms with Gasteiger partial charge in [0.25, 0.3) is 0 Å². The molecule has 0 aromatic carbocycles. The van der Waals surface area contributed by atoms with Crippen molar-refractivity contribution in [1.82, 2.24) is 4.90 Å². The SMILES string of the molecule is C=C.CC(C)N1CC(C(=O)O)CC1=O. The van der Waals surface area contributed by atoms with E-state index in [1.165, 1.54) is 0 Å². The number of likely N-dealkylation sites (tertiary alicyclic amines) is 1. The third kappa shape index (κ3) is 2.87. The Kier molecular flexibility index (Phi) is 4.91. The molecular formula is C10H17NO3. The Morgan fingerprint density at radius 2 is 2.07 bits per heavy atom. The van der Waals surface area contributed by atoms with Crippen molar-refractivity contribution in [2.24, 2.45) is 5.92 Å². The van der Waals surface area contributed by atoms with Gasteiger partial charge in [-0.2, -0.15) is 0 Å². The Morgan fingerprint density at radius 1 is 1.57 bits per heavy atom. The molecule has 0 aliphatic carbocycles. The normalized spacial score (nSPS) is 20.6.